The quantitative estimate of drug-likeness (QED) is 0.779. The van der Waals surface area contributed by atoms with Gasteiger partial charge in [-0.3, -0.25) is 9.59 Å². The molecule has 1 spiro atoms. The maximum atomic E-state index is 12.8. The van der Waals surface area contributed by atoms with Crippen molar-refractivity contribution in [3.63, 3.8) is 0 Å². The standard InChI is InChI=1S/C25H36N2O3/c1-18(2)26-23(28)16-20-17-25(30-22-10-6-5-9-21(20)22)11-13-27(14-12-25)24(29)15-19-7-3-4-8-19/h5-6,9-10,18-20H,3-4,7-8,11-17H2,1-2H3,(H,26,28)/t20-/m0/s1. The van der Waals surface area contributed by atoms with Crippen LogP contribution in [0.25, 0.3) is 0 Å². The van der Waals surface area contributed by atoms with Gasteiger partial charge in [-0.1, -0.05) is 31.0 Å². The summed E-state index contributed by atoms with van der Waals surface area (Å²) < 4.78 is 6.55. The van der Waals surface area contributed by atoms with Crippen LogP contribution in [0.4, 0.5) is 0 Å². The van der Waals surface area contributed by atoms with Crippen molar-refractivity contribution in [1.82, 2.24) is 10.2 Å². The second-order valence-electron chi connectivity index (χ2n) is 9.89. The Bertz CT molecular complexity index is 761. The Morgan fingerprint density at radius 1 is 1.13 bits per heavy atom. The number of hydrogen-bond acceptors (Lipinski definition) is 3. The van der Waals surface area contributed by atoms with Crippen LogP contribution in [0.3, 0.4) is 0 Å². The highest BCUT2D eigenvalue weighted by Crippen LogP contribution is 2.46. The first-order chi connectivity index (χ1) is 14.4. The van der Waals surface area contributed by atoms with E-state index in [2.05, 4.69) is 11.4 Å². The third-order valence-electron chi connectivity index (χ3n) is 7.15. The third-order valence-corrected chi connectivity index (χ3v) is 7.15. The van der Waals surface area contributed by atoms with Gasteiger partial charge in [0, 0.05) is 50.7 Å². The van der Waals surface area contributed by atoms with Gasteiger partial charge in [0.2, 0.25) is 11.8 Å². The Balaban J connectivity index is 1.41. The number of piperidine rings is 1. The first-order valence-corrected chi connectivity index (χ1v) is 11.8. The minimum Gasteiger partial charge on any atom is -0.487 e. The van der Waals surface area contributed by atoms with Crippen LogP contribution in [-0.2, 0) is 9.59 Å². The van der Waals surface area contributed by atoms with E-state index >= 15 is 0 Å². The van der Waals surface area contributed by atoms with Crippen LogP contribution >= 0.6 is 0 Å². The largest absolute Gasteiger partial charge is 0.487 e. The Hall–Kier alpha value is -2.04. The topological polar surface area (TPSA) is 58.6 Å². The number of hydrogen-bond donors (Lipinski definition) is 1. The van der Waals surface area contributed by atoms with Crippen LogP contribution in [0.5, 0.6) is 5.75 Å². The van der Waals surface area contributed by atoms with Crippen molar-refractivity contribution in [3.05, 3.63) is 29.8 Å². The average Bonchev–Trinajstić information content (AvgIpc) is 3.21. The van der Waals surface area contributed by atoms with E-state index in [0.29, 0.717) is 24.7 Å². The molecule has 1 saturated heterocycles. The Morgan fingerprint density at radius 2 is 1.83 bits per heavy atom. The summed E-state index contributed by atoms with van der Waals surface area (Å²) in [6.07, 6.45) is 8.73. The fourth-order valence-electron chi connectivity index (χ4n) is 5.59. The number of ether oxygens (including phenoxy) is 1. The number of nitrogens with one attached hydrogen (secondary N) is 1. The number of fused-ring (bicyclic) bond motifs is 1. The highest BCUT2D eigenvalue weighted by atomic mass is 16.5. The van der Waals surface area contributed by atoms with E-state index in [1.54, 1.807) is 0 Å². The molecule has 0 radical (unpaired) electrons. The van der Waals surface area contributed by atoms with Crippen LogP contribution in [-0.4, -0.2) is 41.4 Å². The van der Waals surface area contributed by atoms with Crippen LogP contribution < -0.4 is 10.1 Å². The van der Waals surface area contributed by atoms with Gasteiger partial charge in [0.25, 0.3) is 0 Å². The molecule has 0 bridgehead atoms. The van der Waals surface area contributed by atoms with Crippen molar-refractivity contribution in [2.75, 3.05) is 13.1 Å². The van der Waals surface area contributed by atoms with Crippen LogP contribution in [0.15, 0.2) is 24.3 Å². The van der Waals surface area contributed by atoms with Crippen molar-refractivity contribution in [1.29, 1.82) is 0 Å². The van der Waals surface area contributed by atoms with E-state index < -0.39 is 0 Å². The lowest BCUT2D eigenvalue weighted by Crippen LogP contribution is -2.52. The number of para-hydroxylation sites is 1. The molecule has 4 rings (SSSR count). The van der Waals surface area contributed by atoms with Crippen molar-refractivity contribution >= 4 is 11.8 Å². The van der Waals surface area contributed by atoms with E-state index in [4.69, 9.17) is 4.74 Å². The van der Waals surface area contributed by atoms with E-state index in [-0.39, 0.29) is 23.5 Å². The molecule has 1 atom stereocenters. The van der Waals surface area contributed by atoms with Crippen molar-refractivity contribution < 1.29 is 14.3 Å². The maximum Gasteiger partial charge on any atom is 0.222 e. The summed E-state index contributed by atoms with van der Waals surface area (Å²) in [5.74, 6) is 2.09. The maximum absolute atomic E-state index is 12.8. The molecule has 30 heavy (non-hydrogen) atoms. The number of carbonyl (C=O) groups excluding carboxylic acids is 2. The lowest BCUT2D eigenvalue weighted by Gasteiger charge is -2.47. The summed E-state index contributed by atoms with van der Waals surface area (Å²) in [4.78, 5) is 27.3. The van der Waals surface area contributed by atoms with Gasteiger partial charge in [-0.2, -0.15) is 0 Å². The van der Waals surface area contributed by atoms with Gasteiger partial charge in [0.05, 0.1) is 0 Å². The molecule has 0 aromatic heterocycles. The summed E-state index contributed by atoms with van der Waals surface area (Å²) in [5, 5.41) is 3.04. The molecule has 3 aliphatic rings. The zero-order valence-electron chi connectivity index (χ0n) is 18.5. The summed E-state index contributed by atoms with van der Waals surface area (Å²) >= 11 is 0. The minimum absolute atomic E-state index is 0.103. The molecule has 0 unspecified atom stereocenters. The van der Waals surface area contributed by atoms with E-state index in [9.17, 15) is 9.59 Å². The van der Waals surface area contributed by atoms with Gasteiger partial charge < -0.3 is 15.0 Å². The molecule has 1 N–H and O–H groups in total. The Kier molecular flexibility index (Phi) is 6.35. The molecule has 5 heteroatoms. The van der Waals surface area contributed by atoms with Gasteiger partial charge in [-0.25, -0.2) is 0 Å². The first-order valence-electron chi connectivity index (χ1n) is 11.8. The Labute approximate surface area is 180 Å². The second-order valence-corrected chi connectivity index (χ2v) is 9.89. The lowest BCUT2D eigenvalue weighted by molar-refractivity contribution is -0.136. The minimum atomic E-state index is -0.263. The number of amides is 2. The number of likely N-dealkylation sites (tertiary alicyclic amines) is 1. The SMILES string of the molecule is CC(C)NC(=O)C[C@H]1CC2(CCN(C(=O)CC3CCCC3)CC2)Oc2ccccc21. The molecule has 164 valence electrons. The van der Waals surface area contributed by atoms with Crippen LogP contribution in [0, 0.1) is 5.92 Å². The molecule has 2 amide bonds. The smallest absolute Gasteiger partial charge is 0.222 e. The number of carbonyl (C=O) groups is 2. The van der Waals surface area contributed by atoms with Crippen molar-refractivity contribution in [2.45, 2.75) is 89.2 Å². The fourth-order valence-corrected chi connectivity index (χ4v) is 5.59. The highest BCUT2D eigenvalue weighted by molar-refractivity contribution is 5.77. The van der Waals surface area contributed by atoms with Gasteiger partial charge >= 0.3 is 0 Å². The molecular formula is C25H36N2O3. The summed E-state index contributed by atoms with van der Waals surface area (Å²) in [6, 6.07) is 8.30. The third kappa shape index (κ3) is 4.81. The summed E-state index contributed by atoms with van der Waals surface area (Å²) in [7, 11) is 0. The van der Waals surface area contributed by atoms with Crippen LogP contribution in [0.1, 0.15) is 83.1 Å². The summed E-state index contributed by atoms with van der Waals surface area (Å²) in [6.45, 7) is 5.52. The number of rotatable bonds is 5. The molecule has 1 saturated carbocycles. The molecule has 1 aromatic rings. The molecule has 1 aromatic carbocycles. The fraction of sp³-hybridized carbons (Fsp3) is 0.680. The predicted molar refractivity (Wildman–Crippen MR) is 117 cm³/mol. The lowest BCUT2D eigenvalue weighted by atomic mass is 9.76. The van der Waals surface area contributed by atoms with Gasteiger partial charge in [0.1, 0.15) is 11.4 Å². The van der Waals surface area contributed by atoms with E-state index in [0.717, 1.165) is 43.7 Å². The monoisotopic (exact) mass is 412 g/mol. The van der Waals surface area contributed by atoms with Gasteiger partial charge in [0.15, 0.2) is 0 Å². The highest BCUT2D eigenvalue weighted by Gasteiger charge is 2.44. The molecule has 5 nitrogen and oxygen atoms in total. The molecular weight excluding hydrogens is 376 g/mol. The van der Waals surface area contributed by atoms with Gasteiger partial charge in [-0.05, 0) is 50.7 Å². The predicted octanol–water partition coefficient (Wildman–Crippen LogP) is 4.41. The molecule has 2 heterocycles. The summed E-state index contributed by atoms with van der Waals surface area (Å²) in [5.41, 5.74) is 0.878. The second kappa shape index (κ2) is 8.99. The molecule has 2 aliphatic heterocycles. The van der Waals surface area contributed by atoms with Crippen LogP contribution in [0.2, 0.25) is 0 Å². The zero-order valence-corrected chi connectivity index (χ0v) is 18.5. The average molecular weight is 413 g/mol. The van der Waals surface area contributed by atoms with E-state index in [1.807, 2.05) is 36.9 Å². The first kappa shape index (κ1) is 21.2. The van der Waals surface area contributed by atoms with Crippen molar-refractivity contribution in [3.8, 4) is 5.75 Å². The van der Waals surface area contributed by atoms with Crippen molar-refractivity contribution in [2.24, 2.45) is 5.92 Å². The molecule has 2 fully saturated rings. The number of benzene rings is 1. The zero-order chi connectivity index (χ0) is 21.1. The number of nitrogens with zero attached hydrogens (tertiary/aromatic N) is 1. The normalized spacial score (nSPS) is 23.3. The Morgan fingerprint density at radius 3 is 2.53 bits per heavy atom. The van der Waals surface area contributed by atoms with Gasteiger partial charge in [-0.15, -0.1) is 0 Å². The van der Waals surface area contributed by atoms with E-state index in [1.165, 1.54) is 25.7 Å². The molecule has 1 aliphatic carbocycles.